The number of ether oxygens (including phenoxy) is 1. The van der Waals surface area contributed by atoms with Crippen molar-refractivity contribution in [2.24, 2.45) is 5.92 Å². The molecule has 0 radical (unpaired) electrons. The molecule has 12 heteroatoms. The molecule has 1 saturated heterocycles. The second kappa shape index (κ2) is 14.6. The number of fused-ring (bicyclic) bond motifs is 1. The summed E-state index contributed by atoms with van der Waals surface area (Å²) in [5, 5.41) is 20.8. The summed E-state index contributed by atoms with van der Waals surface area (Å²) in [7, 11) is 0. The zero-order valence-electron chi connectivity index (χ0n) is 25.4. The van der Waals surface area contributed by atoms with Gasteiger partial charge in [0.2, 0.25) is 0 Å². The molecule has 2 N–H and O–H groups in total. The third-order valence-electron chi connectivity index (χ3n) is 8.80. The van der Waals surface area contributed by atoms with Crippen LogP contribution in [-0.4, -0.2) is 70.5 Å². The second-order valence-corrected chi connectivity index (χ2v) is 12.0. The highest BCUT2D eigenvalue weighted by Crippen LogP contribution is 2.48. The molecule has 250 valence electrons. The van der Waals surface area contributed by atoms with Crippen molar-refractivity contribution in [1.29, 1.82) is 0 Å². The summed E-state index contributed by atoms with van der Waals surface area (Å²) in [6.07, 6.45) is -1.52. The van der Waals surface area contributed by atoms with E-state index in [1.54, 1.807) is 24.3 Å². The van der Waals surface area contributed by atoms with Crippen molar-refractivity contribution < 1.29 is 45.7 Å². The van der Waals surface area contributed by atoms with Crippen molar-refractivity contribution in [2.75, 3.05) is 32.8 Å². The number of alkyl halides is 7. The van der Waals surface area contributed by atoms with Gasteiger partial charge < -0.3 is 24.4 Å². The van der Waals surface area contributed by atoms with Crippen LogP contribution in [0.25, 0.3) is 22.2 Å². The Labute approximate surface area is 258 Å². The lowest BCUT2D eigenvalue weighted by Crippen LogP contribution is -2.52. The average Bonchev–Trinajstić information content (AvgIpc) is 3.25. The molecule has 0 aliphatic carbocycles. The fraction of sp³-hybridized carbons (Fsp3) is 0.576. The van der Waals surface area contributed by atoms with Gasteiger partial charge in [0.1, 0.15) is 11.5 Å². The maximum atomic E-state index is 13.4. The predicted octanol–water partition coefficient (Wildman–Crippen LogP) is 8.93. The number of likely N-dealkylation sites (tertiary alicyclic amines) is 1. The van der Waals surface area contributed by atoms with E-state index in [9.17, 15) is 40.9 Å². The first kappa shape index (κ1) is 34.9. The highest BCUT2D eigenvalue weighted by molar-refractivity contribution is 5.92. The largest absolute Gasteiger partial charge is 0.508 e. The van der Waals surface area contributed by atoms with Gasteiger partial charge >= 0.3 is 18.0 Å². The molecule has 0 spiro atoms. The second-order valence-electron chi connectivity index (χ2n) is 12.0. The quantitative estimate of drug-likeness (QED) is 0.128. The van der Waals surface area contributed by atoms with Crippen molar-refractivity contribution in [3.8, 4) is 22.8 Å². The molecule has 3 aromatic rings. The Morgan fingerprint density at radius 2 is 1.42 bits per heavy atom. The van der Waals surface area contributed by atoms with Crippen molar-refractivity contribution in [3.63, 3.8) is 0 Å². The molecule has 4 rings (SSSR count). The molecule has 45 heavy (non-hydrogen) atoms. The van der Waals surface area contributed by atoms with Crippen LogP contribution in [0.2, 0.25) is 0 Å². The van der Waals surface area contributed by atoms with E-state index in [2.05, 4.69) is 9.47 Å². The average molecular weight is 647 g/mol. The van der Waals surface area contributed by atoms with E-state index in [4.69, 9.17) is 4.74 Å². The summed E-state index contributed by atoms with van der Waals surface area (Å²) in [6, 6.07) is 12.6. The molecule has 1 fully saturated rings. The minimum absolute atomic E-state index is 0.0458. The molecular formula is C33H41F7N2O3. The molecule has 1 aromatic heterocycles. The van der Waals surface area contributed by atoms with Crippen LogP contribution in [0.1, 0.15) is 56.9 Å². The van der Waals surface area contributed by atoms with Crippen LogP contribution in [0.3, 0.4) is 0 Å². The van der Waals surface area contributed by atoms with Crippen LogP contribution in [-0.2, 0) is 11.3 Å². The van der Waals surface area contributed by atoms with E-state index in [0.717, 1.165) is 92.4 Å². The van der Waals surface area contributed by atoms with Gasteiger partial charge in [0.05, 0.1) is 12.3 Å². The standard InChI is InChI=1S/C33H41F7N2O3/c1-23-28-22-27(44)10-11-29(28)42(30(23)25-6-8-26(43)9-7-25)17-5-3-2-4-16-41-18-12-24(13-19-41)14-20-45-21-15-31(34,35)32(36,37)33(38,39)40/h6-11,22,24,43-44H,2-5,12-21H2,1H3. The van der Waals surface area contributed by atoms with Gasteiger partial charge in [0.15, 0.2) is 0 Å². The van der Waals surface area contributed by atoms with Crippen LogP contribution < -0.4 is 0 Å². The molecule has 0 atom stereocenters. The van der Waals surface area contributed by atoms with E-state index in [1.165, 1.54) is 0 Å². The van der Waals surface area contributed by atoms with Gasteiger partial charge in [-0.15, -0.1) is 0 Å². The van der Waals surface area contributed by atoms with Gasteiger partial charge in [-0.2, -0.15) is 30.7 Å². The Kier molecular flexibility index (Phi) is 11.3. The summed E-state index contributed by atoms with van der Waals surface area (Å²) >= 11 is 0. The molecule has 5 nitrogen and oxygen atoms in total. The smallest absolute Gasteiger partial charge is 0.459 e. The number of aromatic hydroxyl groups is 2. The van der Waals surface area contributed by atoms with E-state index in [0.29, 0.717) is 12.3 Å². The molecule has 2 aromatic carbocycles. The number of hydrogen-bond acceptors (Lipinski definition) is 4. The van der Waals surface area contributed by atoms with Crippen LogP contribution in [0.4, 0.5) is 30.7 Å². The molecule has 2 heterocycles. The Morgan fingerprint density at radius 1 is 0.800 bits per heavy atom. The predicted molar refractivity (Wildman–Crippen MR) is 159 cm³/mol. The molecule has 1 aliphatic heterocycles. The molecule has 0 unspecified atom stereocenters. The molecule has 0 amide bonds. The lowest BCUT2D eigenvalue weighted by atomic mass is 9.94. The fourth-order valence-corrected chi connectivity index (χ4v) is 6.11. The summed E-state index contributed by atoms with van der Waals surface area (Å²) in [6.45, 7) is 4.79. The highest BCUT2D eigenvalue weighted by Gasteiger charge is 2.72. The Bertz CT molecular complexity index is 1380. The highest BCUT2D eigenvalue weighted by atomic mass is 19.4. The maximum absolute atomic E-state index is 13.4. The molecule has 0 bridgehead atoms. The number of unbranched alkanes of at least 4 members (excludes halogenated alkanes) is 3. The van der Waals surface area contributed by atoms with Gasteiger partial charge in [-0.05, 0) is 118 Å². The third-order valence-corrected chi connectivity index (χ3v) is 8.80. The topological polar surface area (TPSA) is 57.9 Å². The van der Waals surface area contributed by atoms with Crippen LogP contribution in [0.15, 0.2) is 42.5 Å². The lowest BCUT2D eigenvalue weighted by Gasteiger charge is -2.32. The number of rotatable bonds is 15. The SMILES string of the molecule is Cc1c(-c2ccc(O)cc2)n(CCCCCCN2CCC(CCOCCC(F)(F)C(F)(F)C(F)(F)F)CC2)c2ccc(O)cc12. The monoisotopic (exact) mass is 646 g/mol. The number of hydrogen-bond donors (Lipinski definition) is 2. The van der Waals surface area contributed by atoms with Crippen molar-refractivity contribution in [3.05, 3.63) is 48.0 Å². The van der Waals surface area contributed by atoms with Crippen LogP contribution >= 0.6 is 0 Å². The van der Waals surface area contributed by atoms with E-state index in [-0.39, 0.29) is 18.1 Å². The van der Waals surface area contributed by atoms with Gasteiger partial charge in [-0.25, -0.2) is 0 Å². The molecule has 0 saturated carbocycles. The molecular weight excluding hydrogens is 605 g/mol. The van der Waals surface area contributed by atoms with E-state index >= 15 is 0 Å². The summed E-state index contributed by atoms with van der Waals surface area (Å²) in [5.74, 6) is -10.6. The number of halogens is 7. The number of benzene rings is 2. The fourth-order valence-electron chi connectivity index (χ4n) is 6.11. The number of phenolic OH excluding ortho intramolecular Hbond substituents is 2. The van der Waals surface area contributed by atoms with Crippen molar-refractivity contribution >= 4 is 10.9 Å². The zero-order chi connectivity index (χ0) is 32.8. The number of aromatic nitrogens is 1. The lowest BCUT2D eigenvalue weighted by molar-refractivity contribution is -0.356. The van der Waals surface area contributed by atoms with Crippen molar-refractivity contribution in [1.82, 2.24) is 9.47 Å². The number of nitrogens with zero attached hydrogens (tertiary/aromatic N) is 2. The minimum Gasteiger partial charge on any atom is -0.508 e. The Morgan fingerprint density at radius 3 is 2.07 bits per heavy atom. The summed E-state index contributed by atoms with van der Waals surface area (Å²) in [5.41, 5.74) is 4.21. The normalized spacial score (nSPS) is 15.7. The van der Waals surface area contributed by atoms with E-state index in [1.807, 2.05) is 25.1 Å². The van der Waals surface area contributed by atoms with Gasteiger partial charge in [-0.3, -0.25) is 0 Å². The number of phenols is 2. The van der Waals surface area contributed by atoms with Crippen LogP contribution in [0.5, 0.6) is 11.5 Å². The zero-order valence-corrected chi connectivity index (χ0v) is 25.4. The Hall–Kier alpha value is -2.99. The van der Waals surface area contributed by atoms with Gasteiger partial charge in [0.25, 0.3) is 0 Å². The first-order valence-corrected chi connectivity index (χ1v) is 15.4. The first-order valence-electron chi connectivity index (χ1n) is 15.4. The van der Waals surface area contributed by atoms with Gasteiger partial charge in [0, 0.05) is 30.5 Å². The minimum atomic E-state index is -6.31. The van der Waals surface area contributed by atoms with Gasteiger partial charge in [-0.1, -0.05) is 12.8 Å². The number of aryl methyl sites for hydroxylation is 2. The van der Waals surface area contributed by atoms with Crippen molar-refractivity contribution in [2.45, 2.75) is 82.9 Å². The summed E-state index contributed by atoms with van der Waals surface area (Å²) < 4.78 is 96.6. The third kappa shape index (κ3) is 8.44. The maximum Gasteiger partial charge on any atom is 0.459 e. The number of piperidine rings is 1. The molecule has 1 aliphatic rings. The summed E-state index contributed by atoms with van der Waals surface area (Å²) in [4.78, 5) is 2.38. The van der Waals surface area contributed by atoms with E-state index < -0.39 is 31.0 Å². The van der Waals surface area contributed by atoms with Crippen LogP contribution in [0, 0.1) is 12.8 Å². The Balaban J connectivity index is 1.14. The first-order chi connectivity index (χ1) is 21.2.